The van der Waals surface area contributed by atoms with E-state index in [9.17, 15) is 9.67 Å². The number of phenols is 1. The minimum atomic E-state index is -4.15. The van der Waals surface area contributed by atoms with Gasteiger partial charge < -0.3 is 14.2 Å². The van der Waals surface area contributed by atoms with E-state index >= 15 is 0 Å². The Morgan fingerprint density at radius 1 is 0.674 bits per heavy atom. The van der Waals surface area contributed by atoms with Crippen molar-refractivity contribution in [1.82, 2.24) is 5.01 Å². The third-order valence-electron chi connectivity index (χ3n) is 6.60. The van der Waals surface area contributed by atoms with Crippen LogP contribution in [-0.4, -0.2) is 36.1 Å². The molecular weight excluding hydrogens is 576 g/mol. The zero-order valence-corrected chi connectivity index (χ0v) is 25.5. The molecule has 7 nitrogen and oxygen atoms in total. The summed E-state index contributed by atoms with van der Waals surface area (Å²) < 4.78 is 32.4. The highest BCUT2D eigenvalue weighted by Gasteiger charge is 2.36. The second-order valence-corrected chi connectivity index (χ2v) is 14.8. The zero-order chi connectivity index (χ0) is 30.0. The topological polar surface area (TPSA) is 83.7 Å². The van der Waals surface area contributed by atoms with E-state index in [2.05, 4.69) is 5.10 Å². The Morgan fingerprint density at radius 2 is 1.12 bits per heavy atom. The number of hydrazone groups is 1. The van der Waals surface area contributed by atoms with Crippen LogP contribution in [0.1, 0.15) is 5.56 Å². The number of phenolic OH excluding ortho intramolecular Hbond substituents is 1. The highest BCUT2D eigenvalue weighted by atomic mass is 31.2. The Morgan fingerprint density at radius 3 is 1.58 bits per heavy atom. The predicted molar refractivity (Wildman–Crippen MR) is 176 cm³/mol. The summed E-state index contributed by atoms with van der Waals surface area (Å²) in [5.41, 5.74) is 0.860. The third kappa shape index (κ3) is 8.04. The number of nitrogens with zero attached hydrogens (tertiary/aromatic N) is 3. The first kappa shape index (κ1) is 29.9. The van der Waals surface area contributed by atoms with Gasteiger partial charge in [0.2, 0.25) is 0 Å². The molecule has 0 radical (unpaired) electrons. The molecule has 0 spiro atoms. The largest absolute Gasteiger partial charge is 0.562 e. The first-order chi connectivity index (χ1) is 20.9. The molecule has 0 aromatic heterocycles. The molecule has 5 aromatic rings. The number of para-hydroxylation sites is 2. The van der Waals surface area contributed by atoms with Gasteiger partial charge in [0.05, 0.1) is 6.21 Å². The summed E-state index contributed by atoms with van der Waals surface area (Å²) in [4.78, 5) is 0. The summed E-state index contributed by atoms with van der Waals surface area (Å²) in [6.07, 6.45) is 2.26. The van der Waals surface area contributed by atoms with Crippen LogP contribution in [0, 0.1) is 0 Å². The number of hydrogen-bond acceptors (Lipinski definition) is 6. The van der Waals surface area contributed by atoms with E-state index in [-0.39, 0.29) is 5.75 Å². The van der Waals surface area contributed by atoms with Crippen molar-refractivity contribution in [3.8, 4) is 17.2 Å². The second-order valence-electron chi connectivity index (χ2n) is 9.75. The van der Waals surface area contributed by atoms with Crippen molar-refractivity contribution in [3.05, 3.63) is 151 Å². The van der Waals surface area contributed by atoms with Crippen LogP contribution in [0.3, 0.4) is 0 Å². The molecule has 0 unspecified atom stereocenters. The predicted octanol–water partition coefficient (Wildman–Crippen LogP) is 7.78. The molecule has 9 heteroatoms. The average Bonchev–Trinajstić information content (AvgIpc) is 3.04. The Hall–Kier alpha value is -4.57. The molecule has 0 saturated heterocycles. The fourth-order valence-corrected chi connectivity index (χ4v) is 11.0. The molecule has 0 aliphatic heterocycles. The standard InChI is InChI=1S/C34H33N3O4P2/c1-37(35-28-29-22-24-30(38)25-23-29)26-27-42(33-18-10-4-11-19-33,34-20-12-5-13-21-34)36-43(39,40-31-14-6-2-7-15-31)41-32-16-8-3-9-17-32/h2-25,28,38H,26-27H2,1H3/b35-28+. The van der Waals surface area contributed by atoms with E-state index in [1.807, 2.05) is 109 Å². The first-order valence-electron chi connectivity index (χ1n) is 13.8. The molecule has 0 bridgehead atoms. The molecule has 0 amide bonds. The van der Waals surface area contributed by atoms with Gasteiger partial charge in [0, 0.05) is 26.8 Å². The van der Waals surface area contributed by atoms with Crippen LogP contribution >= 0.6 is 14.8 Å². The van der Waals surface area contributed by atoms with Gasteiger partial charge >= 0.3 is 7.75 Å². The minimum Gasteiger partial charge on any atom is -0.508 e. The summed E-state index contributed by atoms with van der Waals surface area (Å²) in [5, 5.41) is 18.0. The summed E-state index contributed by atoms with van der Waals surface area (Å²) in [6, 6.07) is 44.7. The molecule has 0 aliphatic carbocycles. The maximum absolute atomic E-state index is 14.9. The lowest BCUT2D eigenvalue weighted by Gasteiger charge is -2.29. The summed E-state index contributed by atoms with van der Waals surface area (Å²) in [5.74, 6) is 1.01. The first-order valence-corrected chi connectivity index (χ1v) is 17.2. The lowest BCUT2D eigenvalue weighted by atomic mass is 10.2. The number of benzene rings is 5. The van der Waals surface area contributed by atoms with Gasteiger partial charge in [0.1, 0.15) is 17.2 Å². The molecule has 0 aliphatic rings. The fourth-order valence-electron chi connectivity index (χ4n) is 4.45. The van der Waals surface area contributed by atoms with Gasteiger partial charge in [-0.15, -0.1) is 0 Å². The normalized spacial score (nSPS) is 11.7. The summed E-state index contributed by atoms with van der Waals surface area (Å²) in [6.45, 7) is 0.506. The molecule has 43 heavy (non-hydrogen) atoms. The van der Waals surface area contributed by atoms with Crippen molar-refractivity contribution in [3.63, 3.8) is 0 Å². The molecule has 0 fully saturated rings. The monoisotopic (exact) mass is 609 g/mol. The number of hydrogen-bond donors (Lipinski definition) is 1. The van der Waals surface area contributed by atoms with Crippen molar-refractivity contribution in [2.24, 2.45) is 9.62 Å². The van der Waals surface area contributed by atoms with Crippen LogP contribution in [0.5, 0.6) is 17.2 Å². The molecular formula is C34H33N3O4P2. The molecule has 5 rings (SSSR count). The van der Waals surface area contributed by atoms with Crippen molar-refractivity contribution in [1.29, 1.82) is 0 Å². The van der Waals surface area contributed by atoms with Crippen molar-refractivity contribution in [2.75, 3.05) is 19.8 Å². The number of rotatable bonds is 12. The van der Waals surface area contributed by atoms with Crippen molar-refractivity contribution in [2.45, 2.75) is 0 Å². The maximum Gasteiger partial charge on any atom is 0.562 e. The van der Waals surface area contributed by atoms with Crippen molar-refractivity contribution >= 4 is 31.6 Å². The van der Waals surface area contributed by atoms with E-state index in [1.54, 1.807) is 54.7 Å². The Kier molecular flexibility index (Phi) is 9.78. The second kappa shape index (κ2) is 14.1. The van der Waals surface area contributed by atoms with Gasteiger partial charge in [-0.05, 0) is 64.7 Å². The van der Waals surface area contributed by atoms with Crippen LogP contribution in [0.4, 0.5) is 0 Å². The quantitative estimate of drug-likeness (QED) is 0.0888. The van der Waals surface area contributed by atoms with Gasteiger partial charge in [-0.25, -0.2) is 4.57 Å². The lowest BCUT2D eigenvalue weighted by Crippen LogP contribution is -2.25. The molecule has 0 heterocycles. The van der Waals surface area contributed by atoms with Gasteiger partial charge in [-0.3, -0.25) is 5.01 Å². The van der Waals surface area contributed by atoms with Crippen LogP contribution < -0.4 is 19.7 Å². The van der Waals surface area contributed by atoms with Gasteiger partial charge in [0.25, 0.3) is 0 Å². The molecule has 1 N–H and O–H groups in total. The maximum atomic E-state index is 14.9. The highest BCUT2D eigenvalue weighted by Crippen LogP contribution is 2.61. The molecule has 0 saturated carbocycles. The van der Waals surface area contributed by atoms with Gasteiger partial charge in [0.15, 0.2) is 0 Å². The number of aromatic hydroxyl groups is 1. The van der Waals surface area contributed by atoms with Crippen LogP contribution in [-0.2, 0) is 4.57 Å². The van der Waals surface area contributed by atoms with Crippen LogP contribution in [0.15, 0.2) is 155 Å². The Balaban J connectivity index is 1.62. The Bertz CT molecular complexity index is 1630. The van der Waals surface area contributed by atoms with Gasteiger partial charge in [-0.1, -0.05) is 97.1 Å². The van der Waals surface area contributed by atoms with E-state index in [0.29, 0.717) is 24.2 Å². The molecule has 5 aromatic carbocycles. The van der Waals surface area contributed by atoms with Crippen LogP contribution in [0.2, 0.25) is 0 Å². The lowest BCUT2D eigenvalue weighted by molar-refractivity contribution is 0.379. The molecule has 0 atom stereocenters. The smallest absolute Gasteiger partial charge is 0.508 e. The third-order valence-corrected chi connectivity index (χ3v) is 12.7. The average molecular weight is 610 g/mol. The van der Waals surface area contributed by atoms with Crippen LogP contribution in [0.25, 0.3) is 0 Å². The summed E-state index contributed by atoms with van der Waals surface area (Å²) >= 11 is 0. The zero-order valence-electron chi connectivity index (χ0n) is 23.8. The minimum absolute atomic E-state index is 0.201. The van der Waals surface area contributed by atoms with Gasteiger partial charge in [-0.2, -0.15) is 9.62 Å². The SMILES string of the molecule is CN(CCP(=NP(=O)(Oc1ccccc1)Oc1ccccc1)(c1ccccc1)c1ccccc1)/N=C/c1ccc(O)cc1. The Labute approximate surface area is 252 Å². The van der Waals surface area contributed by atoms with E-state index < -0.39 is 14.8 Å². The van der Waals surface area contributed by atoms with E-state index in [4.69, 9.17) is 13.6 Å². The van der Waals surface area contributed by atoms with E-state index in [0.717, 1.165) is 16.2 Å². The molecule has 218 valence electrons. The fraction of sp³-hybridized carbons (Fsp3) is 0.0882. The summed E-state index contributed by atoms with van der Waals surface area (Å²) in [7, 11) is -5.05. The van der Waals surface area contributed by atoms with Crippen molar-refractivity contribution < 1.29 is 18.7 Å². The highest BCUT2D eigenvalue weighted by molar-refractivity contribution is 7.84. The van der Waals surface area contributed by atoms with E-state index in [1.165, 1.54) is 0 Å².